The molecular weight excluding hydrogens is 304 g/mol. The van der Waals surface area contributed by atoms with Gasteiger partial charge in [0.05, 0.1) is 6.61 Å². The quantitative estimate of drug-likeness (QED) is 0.429. The molecule has 1 unspecified atom stereocenters. The summed E-state index contributed by atoms with van der Waals surface area (Å²) in [7, 11) is 0. The fourth-order valence-corrected chi connectivity index (χ4v) is 2.64. The number of benzene rings is 3. The summed E-state index contributed by atoms with van der Waals surface area (Å²) in [5, 5.41) is 13.5. The molecule has 0 spiro atoms. The van der Waals surface area contributed by atoms with Gasteiger partial charge in [0.2, 0.25) is 0 Å². The molecule has 3 aromatic rings. The molecule has 1 atom stereocenters. The average Bonchev–Trinajstić information content (AvgIpc) is 2.63. The highest BCUT2D eigenvalue weighted by atomic mass is 16.6. The first-order chi connectivity index (χ1) is 11.7. The van der Waals surface area contributed by atoms with Crippen LogP contribution in [0.2, 0.25) is 0 Å². The number of esters is 1. The van der Waals surface area contributed by atoms with Crippen molar-refractivity contribution in [1.29, 1.82) is 0 Å². The van der Waals surface area contributed by atoms with E-state index in [2.05, 4.69) is 12.6 Å². The van der Waals surface area contributed by atoms with E-state index < -0.39 is 12.1 Å². The molecule has 3 aromatic carbocycles. The summed E-state index contributed by atoms with van der Waals surface area (Å²) >= 11 is 0. The summed E-state index contributed by atoms with van der Waals surface area (Å²) < 4.78 is 11.0. The monoisotopic (exact) mass is 322 g/mol. The van der Waals surface area contributed by atoms with Crippen LogP contribution in [0.4, 0.5) is 0 Å². The van der Waals surface area contributed by atoms with E-state index >= 15 is 0 Å². The van der Waals surface area contributed by atoms with Gasteiger partial charge in [0, 0.05) is 16.8 Å². The molecule has 0 bridgehead atoms. The number of rotatable bonds is 6. The van der Waals surface area contributed by atoms with Gasteiger partial charge in [-0.2, -0.15) is 0 Å². The number of hydrogen-bond donors (Lipinski definition) is 1. The number of fused-ring (bicyclic) bond motifs is 2. The Morgan fingerprint density at radius 3 is 2.21 bits per heavy atom. The van der Waals surface area contributed by atoms with Crippen molar-refractivity contribution >= 4 is 27.5 Å². The molecule has 122 valence electrons. The Kier molecular flexibility index (Phi) is 4.77. The fourth-order valence-electron chi connectivity index (χ4n) is 2.64. The Balaban J connectivity index is 1.97. The summed E-state index contributed by atoms with van der Waals surface area (Å²) in [5.74, 6) is 0.136. The van der Waals surface area contributed by atoms with E-state index in [1.54, 1.807) is 0 Å². The van der Waals surface area contributed by atoms with Crippen molar-refractivity contribution in [3.63, 3.8) is 0 Å². The van der Waals surface area contributed by atoms with Gasteiger partial charge >= 0.3 is 5.97 Å². The lowest BCUT2D eigenvalue weighted by atomic mass is 10.0. The van der Waals surface area contributed by atoms with Crippen LogP contribution in [0.25, 0.3) is 21.5 Å². The standard InChI is InChI=1S/C20H18O4/c1-2-19(22)24-16(12-21)13-23-20-17-9-5-3-7-14(17)11-15-8-4-6-10-18(15)20/h2-11,16,21H,1,12-13H2. The lowest BCUT2D eigenvalue weighted by molar-refractivity contribution is -0.146. The maximum Gasteiger partial charge on any atom is 0.330 e. The van der Waals surface area contributed by atoms with Crippen molar-refractivity contribution in [3.8, 4) is 5.75 Å². The minimum atomic E-state index is -0.742. The maximum atomic E-state index is 11.3. The van der Waals surface area contributed by atoms with E-state index in [1.165, 1.54) is 0 Å². The molecule has 24 heavy (non-hydrogen) atoms. The first-order valence-corrected chi connectivity index (χ1v) is 7.70. The largest absolute Gasteiger partial charge is 0.488 e. The molecule has 0 aliphatic rings. The van der Waals surface area contributed by atoms with Gasteiger partial charge in [-0.05, 0) is 16.8 Å². The molecule has 3 rings (SSSR count). The van der Waals surface area contributed by atoms with E-state index in [9.17, 15) is 9.90 Å². The third-order valence-corrected chi connectivity index (χ3v) is 3.79. The van der Waals surface area contributed by atoms with Crippen LogP contribution >= 0.6 is 0 Å². The van der Waals surface area contributed by atoms with Crippen LogP contribution in [-0.4, -0.2) is 30.4 Å². The molecule has 0 saturated carbocycles. The minimum absolute atomic E-state index is 0.0636. The third-order valence-electron chi connectivity index (χ3n) is 3.79. The SMILES string of the molecule is C=CC(=O)OC(CO)COc1c2ccccc2cc2ccccc12. The van der Waals surface area contributed by atoms with Gasteiger partial charge in [-0.25, -0.2) is 4.79 Å². The lowest BCUT2D eigenvalue weighted by Crippen LogP contribution is -2.27. The first kappa shape index (κ1) is 16.0. The number of carbonyl (C=O) groups excluding carboxylic acids is 1. The predicted octanol–water partition coefficient (Wildman–Crippen LogP) is 3.46. The third kappa shape index (κ3) is 3.24. The van der Waals surface area contributed by atoms with Crippen LogP contribution in [0.15, 0.2) is 67.3 Å². The second kappa shape index (κ2) is 7.15. The first-order valence-electron chi connectivity index (χ1n) is 7.70. The number of aliphatic hydroxyl groups excluding tert-OH is 1. The van der Waals surface area contributed by atoms with Crippen molar-refractivity contribution in [2.45, 2.75) is 6.10 Å². The molecule has 4 nitrogen and oxygen atoms in total. The van der Waals surface area contributed by atoms with Gasteiger partial charge in [0.25, 0.3) is 0 Å². The van der Waals surface area contributed by atoms with Crippen LogP contribution in [0.1, 0.15) is 0 Å². The Hall–Kier alpha value is -2.85. The van der Waals surface area contributed by atoms with E-state index in [1.807, 2.05) is 48.5 Å². The van der Waals surface area contributed by atoms with Crippen molar-refractivity contribution in [2.75, 3.05) is 13.2 Å². The van der Waals surface area contributed by atoms with E-state index in [-0.39, 0.29) is 13.2 Å². The van der Waals surface area contributed by atoms with Crippen molar-refractivity contribution in [2.24, 2.45) is 0 Å². The number of ether oxygens (including phenoxy) is 2. The van der Waals surface area contributed by atoms with Crippen LogP contribution in [0.5, 0.6) is 5.75 Å². The molecule has 0 saturated heterocycles. The van der Waals surface area contributed by atoms with Gasteiger partial charge in [0.1, 0.15) is 12.4 Å². The molecule has 1 N–H and O–H groups in total. The maximum absolute atomic E-state index is 11.3. The summed E-state index contributed by atoms with van der Waals surface area (Å²) in [6, 6.07) is 18.0. The highest BCUT2D eigenvalue weighted by Crippen LogP contribution is 2.34. The molecule has 0 aromatic heterocycles. The van der Waals surface area contributed by atoms with Gasteiger partial charge in [-0.1, -0.05) is 55.1 Å². The normalized spacial score (nSPS) is 12.0. The minimum Gasteiger partial charge on any atom is -0.488 e. The Morgan fingerprint density at radius 1 is 1.08 bits per heavy atom. The topological polar surface area (TPSA) is 55.8 Å². The number of carbonyl (C=O) groups is 1. The lowest BCUT2D eigenvalue weighted by Gasteiger charge is -2.18. The zero-order valence-electron chi connectivity index (χ0n) is 13.1. The summed E-state index contributed by atoms with van der Waals surface area (Å²) in [4.78, 5) is 11.3. The molecular formula is C20H18O4. The van der Waals surface area contributed by atoms with Crippen LogP contribution in [0.3, 0.4) is 0 Å². The Labute approximate surface area is 139 Å². The molecule has 0 amide bonds. The molecule has 0 aliphatic carbocycles. The van der Waals surface area contributed by atoms with Crippen molar-refractivity contribution in [1.82, 2.24) is 0 Å². The summed E-state index contributed by atoms with van der Waals surface area (Å²) in [6.07, 6.45) is 0.323. The van der Waals surface area contributed by atoms with Gasteiger partial charge < -0.3 is 14.6 Å². The second-order valence-corrected chi connectivity index (χ2v) is 5.40. The summed E-state index contributed by atoms with van der Waals surface area (Å²) in [6.45, 7) is 3.10. The van der Waals surface area contributed by atoms with Gasteiger partial charge in [-0.15, -0.1) is 0 Å². The second-order valence-electron chi connectivity index (χ2n) is 5.40. The van der Waals surface area contributed by atoms with Crippen LogP contribution in [-0.2, 0) is 9.53 Å². The summed E-state index contributed by atoms with van der Waals surface area (Å²) in [5.41, 5.74) is 0. The van der Waals surface area contributed by atoms with E-state index in [4.69, 9.17) is 9.47 Å². The molecule has 0 aliphatic heterocycles. The highest BCUT2D eigenvalue weighted by molar-refractivity contribution is 6.05. The number of aliphatic hydroxyl groups is 1. The van der Waals surface area contributed by atoms with E-state index in [0.29, 0.717) is 0 Å². The Morgan fingerprint density at radius 2 is 1.67 bits per heavy atom. The molecule has 4 heteroatoms. The molecule has 0 fully saturated rings. The number of hydrogen-bond acceptors (Lipinski definition) is 4. The van der Waals surface area contributed by atoms with Crippen LogP contribution < -0.4 is 4.74 Å². The van der Waals surface area contributed by atoms with Gasteiger partial charge in [0.15, 0.2) is 6.10 Å². The van der Waals surface area contributed by atoms with Gasteiger partial charge in [-0.3, -0.25) is 0 Å². The van der Waals surface area contributed by atoms with Crippen LogP contribution in [0, 0.1) is 0 Å². The smallest absolute Gasteiger partial charge is 0.330 e. The fraction of sp³-hybridized carbons (Fsp3) is 0.150. The zero-order chi connectivity index (χ0) is 16.9. The van der Waals surface area contributed by atoms with Crippen molar-refractivity contribution in [3.05, 3.63) is 67.3 Å². The van der Waals surface area contributed by atoms with E-state index in [0.717, 1.165) is 33.4 Å². The zero-order valence-corrected chi connectivity index (χ0v) is 13.1. The molecule has 0 radical (unpaired) electrons. The Bertz CT molecular complexity index is 831. The highest BCUT2D eigenvalue weighted by Gasteiger charge is 2.15. The molecule has 0 heterocycles. The average molecular weight is 322 g/mol. The predicted molar refractivity (Wildman–Crippen MR) is 94.1 cm³/mol. The van der Waals surface area contributed by atoms with Crippen molar-refractivity contribution < 1.29 is 19.4 Å².